The smallest absolute Gasteiger partial charge is 0.193 e. The van der Waals surface area contributed by atoms with Crippen LogP contribution in [0.3, 0.4) is 0 Å². The maximum Gasteiger partial charge on any atom is 0.193 e. The molecule has 0 radical (unpaired) electrons. The monoisotopic (exact) mass is 511 g/mol. The summed E-state index contributed by atoms with van der Waals surface area (Å²) in [6.45, 7) is 11.3. The van der Waals surface area contributed by atoms with Crippen LogP contribution in [-0.4, -0.2) is 76.2 Å². The van der Waals surface area contributed by atoms with Gasteiger partial charge in [0.05, 0.1) is 12.2 Å². The van der Waals surface area contributed by atoms with Crippen LogP contribution in [0.15, 0.2) is 4.99 Å². The van der Waals surface area contributed by atoms with Crippen molar-refractivity contribution in [3.05, 3.63) is 0 Å². The summed E-state index contributed by atoms with van der Waals surface area (Å²) >= 11 is 0. The lowest BCUT2D eigenvalue weighted by molar-refractivity contribution is -0.114. The molecular formula is C21H42IN3O3. The quantitative estimate of drug-likeness (QED) is 0.210. The molecule has 2 rings (SSSR count). The second kappa shape index (κ2) is 13.2. The van der Waals surface area contributed by atoms with Crippen LogP contribution < -0.4 is 5.32 Å². The van der Waals surface area contributed by atoms with Crippen LogP contribution in [0.25, 0.3) is 0 Å². The van der Waals surface area contributed by atoms with Crippen LogP contribution in [0.4, 0.5) is 0 Å². The van der Waals surface area contributed by atoms with Crippen molar-refractivity contribution in [2.45, 2.75) is 77.5 Å². The van der Waals surface area contributed by atoms with Gasteiger partial charge in [0.1, 0.15) is 0 Å². The van der Waals surface area contributed by atoms with Gasteiger partial charge in [-0.3, -0.25) is 4.99 Å². The Morgan fingerprint density at radius 3 is 2.36 bits per heavy atom. The number of nitrogens with one attached hydrogen (secondary N) is 1. The number of likely N-dealkylation sites (tertiary alicyclic amines) is 1. The highest BCUT2D eigenvalue weighted by atomic mass is 127. The Balaban J connectivity index is 0.00000392. The van der Waals surface area contributed by atoms with E-state index < -0.39 is 0 Å². The molecule has 6 nitrogen and oxygen atoms in total. The number of hydrogen-bond acceptors (Lipinski definition) is 4. The number of ether oxygens (including phenoxy) is 3. The number of halogens is 1. The van der Waals surface area contributed by atoms with Gasteiger partial charge in [-0.05, 0) is 32.1 Å². The molecule has 1 saturated carbocycles. The Hall–Kier alpha value is -0.120. The Morgan fingerprint density at radius 2 is 1.79 bits per heavy atom. The minimum atomic E-state index is 0. The Labute approximate surface area is 189 Å². The highest BCUT2D eigenvalue weighted by Gasteiger charge is 2.49. The summed E-state index contributed by atoms with van der Waals surface area (Å²) in [7, 11) is 3.62. The number of unbranched alkanes of at least 4 members (excludes halogenated alkanes) is 1. The first-order valence-electron chi connectivity index (χ1n) is 10.7. The molecule has 0 aromatic heterocycles. The van der Waals surface area contributed by atoms with Crippen molar-refractivity contribution in [3.8, 4) is 0 Å². The van der Waals surface area contributed by atoms with E-state index in [1.165, 1.54) is 6.42 Å². The number of methoxy groups -OCH3 is 1. The molecule has 7 heteroatoms. The van der Waals surface area contributed by atoms with Crippen molar-refractivity contribution in [2.24, 2.45) is 10.4 Å². The number of guanidine groups is 1. The fourth-order valence-electron chi connectivity index (χ4n) is 3.92. The summed E-state index contributed by atoms with van der Waals surface area (Å²) in [6.07, 6.45) is 7.21. The maximum atomic E-state index is 6.07. The van der Waals surface area contributed by atoms with E-state index in [0.29, 0.717) is 18.2 Å². The molecule has 0 bridgehead atoms. The van der Waals surface area contributed by atoms with E-state index in [-0.39, 0.29) is 29.4 Å². The van der Waals surface area contributed by atoms with Crippen LogP contribution in [0.1, 0.15) is 59.3 Å². The van der Waals surface area contributed by atoms with Crippen LogP contribution in [0, 0.1) is 5.41 Å². The van der Waals surface area contributed by atoms with E-state index in [0.717, 1.165) is 71.0 Å². The summed E-state index contributed by atoms with van der Waals surface area (Å²) in [6, 6.07) is 0.422. The van der Waals surface area contributed by atoms with Gasteiger partial charge in [0.25, 0.3) is 0 Å². The zero-order valence-corrected chi connectivity index (χ0v) is 20.9. The molecule has 2 atom stereocenters. The number of nitrogens with zero attached hydrogens (tertiary/aromatic N) is 2. The largest absolute Gasteiger partial charge is 0.385 e. The molecule has 0 amide bonds. The van der Waals surface area contributed by atoms with E-state index in [9.17, 15) is 0 Å². The number of rotatable bonds is 10. The molecule has 0 spiro atoms. The van der Waals surface area contributed by atoms with Gasteiger partial charge in [-0.2, -0.15) is 0 Å². The van der Waals surface area contributed by atoms with E-state index in [4.69, 9.17) is 14.2 Å². The number of piperidine rings is 1. The lowest BCUT2D eigenvalue weighted by Gasteiger charge is -2.52. The van der Waals surface area contributed by atoms with Gasteiger partial charge in [-0.15, -0.1) is 24.0 Å². The van der Waals surface area contributed by atoms with Crippen molar-refractivity contribution in [2.75, 3.05) is 47.1 Å². The Kier molecular flexibility index (Phi) is 12.3. The fourth-order valence-corrected chi connectivity index (χ4v) is 3.92. The van der Waals surface area contributed by atoms with E-state index in [2.05, 4.69) is 36.0 Å². The molecule has 1 saturated heterocycles. The van der Waals surface area contributed by atoms with Crippen LogP contribution in [0.5, 0.6) is 0 Å². The highest BCUT2D eigenvalue weighted by molar-refractivity contribution is 14.0. The number of aliphatic imine (C=N–C) groups is 1. The summed E-state index contributed by atoms with van der Waals surface area (Å²) in [4.78, 5) is 6.92. The minimum absolute atomic E-state index is 0. The zero-order valence-electron chi connectivity index (χ0n) is 18.5. The van der Waals surface area contributed by atoms with Gasteiger partial charge in [0.2, 0.25) is 0 Å². The summed E-state index contributed by atoms with van der Waals surface area (Å²) in [5.41, 5.74) is 0.145. The third-order valence-electron chi connectivity index (χ3n) is 6.10. The second-order valence-corrected chi connectivity index (χ2v) is 8.42. The van der Waals surface area contributed by atoms with Crippen LogP contribution in [0.2, 0.25) is 0 Å². The second-order valence-electron chi connectivity index (χ2n) is 8.42. The van der Waals surface area contributed by atoms with Gasteiger partial charge in [-0.1, -0.05) is 27.2 Å². The lowest BCUT2D eigenvalue weighted by Crippen LogP contribution is -2.64. The summed E-state index contributed by atoms with van der Waals surface area (Å²) in [5.74, 6) is 1.03. The van der Waals surface area contributed by atoms with Crippen molar-refractivity contribution >= 4 is 29.9 Å². The van der Waals surface area contributed by atoms with Gasteiger partial charge in [-0.25, -0.2) is 0 Å². The molecule has 0 aromatic carbocycles. The topological polar surface area (TPSA) is 55.3 Å². The fraction of sp³-hybridized carbons (Fsp3) is 0.952. The van der Waals surface area contributed by atoms with E-state index in [1.807, 2.05) is 7.05 Å². The van der Waals surface area contributed by atoms with Crippen molar-refractivity contribution in [1.29, 1.82) is 0 Å². The highest BCUT2D eigenvalue weighted by Crippen LogP contribution is 2.43. The molecule has 1 aliphatic carbocycles. The molecule has 1 heterocycles. The summed E-state index contributed by atoms with van der Waals surface area (Å²) in [5, 5.41) is 3.70. The van der Waals surface area contributed by atoms with Crippen molar-refractivity contribution in [3.63, 3.8) is 0 Å². The van der Waals surface area contributed by atoms with Crippen LogP contribution in [-0.2, 0) is 14.2 Å². The van der Waals surface area contributed by atoms with E-state index >= 15 is 0 Å². The third-order valence-corrected chi connectivity index (χ3v) is 6.10. The SMILES string of the molecule is CCCCOC1CC(NC(=NC)N2CCC(OCCCOC)CC2)C1(C)C.I. The van der Waals surface area contributed by atoms with Gasteiger partial charge in [0, 0.05) is 58.5 Å². The molecule has 2 fully saturated rings. The van der Waals surface area contributed by atoms with Gasteiger partial charge < -0.3 is 24.4 Å². The molecule has 1 N–H and O–H groups in total. The number of hydrogen-bond donors (Lipinski definition) is 1. The first-order valence-corrected chi connectivity index (χ1v) is 10.7. The summed E-state index contributed by atoms with van der Waals surface area (Å²) < 4.78 is 17.1. The Bertz CT molecular complexity index is 454. The molecular weight excluding hydrogens is 469 g/mol. The predicted octanol–water partition coefficient (Wildman–Crippen LogP) is 3.68. The maximum absolute atomic E-state index is 6.07. The standard InChI is InChI=1S/C21H41N3O3.HI/c1-6-7-14-27-19-16-18(21(19,2)3)23-20(22-4)24-11-9-17(10-12-24)26-15-8-13-25-5;/h17-19H,6-16H2,1-5H3,(H,22,23);1H. The molecule has 1 aliphatic heterocycles. The lowest BCUT2D eigenvalue weighted by atomic mass is 9.64. The van der Waals surface area contributed by atoms with Crippen molar-refractivity contribution < 1.29 is 14.2 Å². The minimum Gasteiger partial charge on any atom is -0.385 e. The molecule has 166 valence electrons. The van der Waals surface area contributed by atoms with Gasteiger partial charge in [0.15, 0.2) is 5.96 Å². The molecule has 28 heavy (non-hydrogen) atoms. The first-order chi connectivity index (χ1) is 13.0. The molecule has 2 aliphatic rings. The predicted molar refractivity (Wildman–Crippen MR) is 126 cm³/mol. The molecule has 0 aromatic rings. The average Bonchev–Trinajstić information content (AvgIpc) is 2.67. The Morgan fingerprint density at radius 1 is 1.11 bits per heavy atom. The van der Waals surface area contributed by atoms with Crippen LogP contribution >= 0.6 is 24.0 Å². The zero-order chi connectivity index (χ0) is 19.7. The van der Waals surface area contributed by atoms with Crippen molar-refractivity contribution in [1.82, 2.24) is 10.2 Å². The normalized spacial score (nSPS) is 25.2. The van der Waals surface area contributed by atoms with E-state index in [1.54, 1.807) is 7.11 Å². The average molecular weight is 511 g/mol. The third kappa shape index (κ3) is 7.29. The molecule has 2 unspecified atom stereocenters. The first kappa shape index (κ1) is 25.9. The van der Waals surface area contributed by atoms with Gasteiger partial charge >= 0.3 is 0 Å².